The van der Waals surface area contributed by atoms with Gasteiger partial charge >= 0.3 is 0 Å². The zero-order valence-electron chi connectivity index (χ0n) is 17.8. The fourth-order valence-corrected chi connectivity index (χ4v) is 5.71. The molecule has 1 aliphatic rings. The van der Waals surface area contributed by atoms with Crippen LogP contribution in [0.5, 0.6) is 0 Å². The van der Waals surface area contributed by atoms with Crippen molar-refractivity contribution in [2.45, 2.75) is 18.7 Å². The van der Waals surface area contributed by atoms with Gasteiger partial charge in [0.15, 0.2) is 5.76 Å². The minimum atomic E-state index is -3.75. The van der Waals surface area contributed by atoms with Crippen LogP contribution in [0.4, 0.5) is 0 Å². The predicted octanol–water partition coefficient (Wildman–Crippen LogP) is 2.98. The van der Waals surface area contributed by atoms with E-state index in [2.05, 4.69) is 11.2 Å². The summed E-state index contributed by atoms with van der Waals surface area (Å²) in [5.74, 6) is 0.0637. The highest BCUT2D eigenvalue weighted by Crippen LogP contribution is 2.29. The van der Waals surface area contributed by atoms with E-state index in [0.29, 0.717) is 27.9 Å². The molecule has 0 atom stereocenters. The Bertz CT molecular complexity index is 1300. The number of carbonyl (C=O) groups excluding carboxylic acids is 1. The lowest BCUT2D eigenvalue weighted by molar-refractivity contribution is 0.0698. The van der Waals surface area contributed by atoms with Gasteiger partial charge in [-0.3, -0.25) is 4.79 Å². The maximum Gasteiger partial charge on any atom is 0.254 e. The lowest BCUT2D eigenvalue weighted by Gasteiger charge is -2.34. The number of hydrogen-bond acceptors (Lipinski definition) is 6. The van der Waals surface area contributed by atoms with Gasteiger partial charge in [0.05, 0.1) is 11.6 Å². The maximum atomic E-state index is 13.3. The van der Waals surface area contributed by atoms with Crippen molar-refractivity contribution in [3.8, 4) is 17.2 Å². The summed E-state index contributed by atoms with van der Waals surface area (Å²) in [4.78, 5) is 15.1. The minimum Gasteiger partial charge on any atom is -0.360 e. The fraction of sp³-hybridized carbons (Fsp3) is 0.261. The summed E-state index contributed by atoms with van der Waals surface area (Å²) in [7, 11) is -3.75. The molecule has 0 saturated carbocycles. The number of carbonyl (C=O) groups is 1. The third kappa shape index (κ3) is 3.79. The van der Waals surface area contributed by atoms with Crippen LogP contribution in [0.1, 0.15) is 27.4 Å². The van der Waals surface area contributed by atoms with E-state index in [4.69, 9.17) is 4.52 Å². The van der Waals surface area contributed by atoms with Crippen LogP contribution < -0.4 is 0 Å². The molecule has 2 heterocycles. The van der Waals surface area contributed by atoms with Crippen LogP contribution in [0, 0.1) is 25.2 Å². The van der Waals surface area contributed by atoms with E-state index in [1.165, 1.54) is 4.31 Å². The van der Waals surface area contributed by atoms with Crippen LogP contribution >= 0.6 is 0 Å². The Morgan fingerprint density at radius 2 is 1.62 bits per heavy atom. The van der Waals surface area contributed by atoms with Crippen molar-refractivity contribution >= 4 is 15.9 Å². The smallest absolute Gasteiger partial charge is 0.254 e. The summed E-state index contributed by atoms with van der Waals surface area (Å²) < 4.78 is 32.5. The Hall–Kier alpha value is -3.48. The first kappa shape index (κ1) is 21.7. The SMILES string of the molecule is Cc1noc(C)c1S(=O)(=O)N1CCN(C(=O)c2ccccc2-c2ccccc2C#N)CC1. The highest BCUT2D eigenvalue weighted by atomic mass is 32.2. The third-order valence-electron chi connectivity index (χ3n) is 5.59. The fourth-order valence-electron chi connectivity index (χ4n) is 3.99. The second kappa shape index (κ2) is 8.57. The van der Waals surface area contributed by atoms with Crippen LogP contribution in [0.2, 0.25) is 0 Å². The Balaban J connectivity index is 1.56. The summed E-state index contributed by atoms with van der Waals surface area (Å²) >= 11 is 0. The largest absolute Gasteiger partial charge is 0.360 e. The molecule has 0 radical (unpaired) electrons. The summed E-state index contributed by atoms with van der Waals surface area (Å²) in [5.41, 5.74) is 2.67. The normalized spacial score (nSPS) is 14.8. The molecule has 0 bridgehead atoms. The summed E-state index contributed by atoms with van der Waals surface area (Å²) in [5, 5.41) is 13.2. The van der Waals surface area contributed by atoms with Crippen molar-refractivity contribution in [3.63, 3.8) is 0 Å². The number of benzene rings is 2. The van der Waals surface area contributed by atoms with E-state index >= 15 is 0 Å². The molecule has 0 spiro atoms. The summed E-state index contributed by atoms with van der Waals surface area (Å²) in [6.07, 6.45) is 0. The average molecular weight is 451 g/mol. The van der Waals surface area contributed by atoms with E-state index < -0.39 is 10.0 Å². The number of nitrogens with zero attached hydrogens (tertiary/aromatic N) is 4. The van der Waals surface area contributed by atoms with Crippen molar-refractivity contribution in [2.24, 2.45) is 0 Å². The number of piperazine rings is 1. The lowest BCUT2D eigenvalue weighted by Crippen LogP contribution is -2.50. The zero-order chi connectivity index (χ0) is 22.9. The number of amides is 1. The van der Waals surface area contributed by atoms with Crippen LogP contribution in [-0.2, 0) is 10.0 Å². The van der Waals surface area contributed by atoms with Gasteiger partial charge in [-0.25, -0.2) is 8.42 Å². The molecule has 0 N–H and O–H groups in total. The maximum absolute atomic E-state index is 13.3. The Labute approximate surface area is 186 Å². The predicted molar refractivity (Wildman–Crippen MR) is 117 cm³/mol. The summed E-state index contributed by atoms with van der Waals surface area (Å²) in [6.45, 7) is 4.04. The van der Waals surface area contributed by atoms with Gasteiger partial charge in [-0.05, 0) is 31.5 Å². The molecular formula is C23H22N4O4S. The number of aryl methyl sites for hydroxylation is 2. The highest BCUT2D eigenvalue weighted by molar-refractivity contribution is 7.89. The van der Waals surface area contributed by atoms with E-state index in [-0.39, 0.29) is 42.7 Å². The number of rotatable bonds is 4. The van der Waals surface area contributed by atoms with Gasteiger partial charge in [-0.2, -0.15) is 9.57 Å². The van der Waals surface area contributed by atoms with Crippen LogP contribution in [0.15, 0.2) is 57.9 Å². The highest BCUT2D eigenvalue weighted by Gasteiger charge is 2.34. The Morgan fingerprint density at radius 1 is 1.00 bits per heavy atom. The van der Waals surface area contributed by atoms with Crippen LogP contribution in [-0.4, -0.2) is 54.9 Å². The molecular weight excluding hydrogens is 428 g/mol. The molecule has 9 heteroatoms. The van der Waals surface area contributed by atoms with Crippen molar-refractivity contribution in [3.05, 3.63) is 71.1 Å². The standard InChI is InChI=1S/C23H22N4O4S/c1-16-22(17(2)31-25-16)32(29,30)27-13-11-26(12-14-27)23(28)21-10-6-5-9-20(21)19-8-4-3-7-18(19)15-24/h3-10H,11-14H2,1-2H3. The van der Waals surface area contributed by atoms with Crippen molar-refractivity contribution in [1.29, 1.82) is 5.26 Å². The number of hydrogen-bond donors (Lipinski definition) is 0. The second-order valence-corrected chi connectivity index (χ2v) is 9.43. The molecule has 8 nitrogen and oxygen atoms in total. The quantitative estimate of drug-likeness (QED) is 0.605. The van der Waals surface area contributed by atoms with Crippen molar-refractivity contribution < 1.29 is 17.7 Å². The van der Waals surface area contributed by atoms with E-state index in [1.54, 1.807) is 43.0 Å². The molecule has 32 heavy (non-hydrogen) atoms. The molecule has 3 aromatic rings. The molecule has 1 saturated heterocycles. The van der Waals surface area contributed by atoms with Gasteiger partial charge in [0, 0.05) is 37.3 Å². The number of nitriles is 1. The molecule has 1 aliphatic heterocycles. The monoisotopic (exact) mass is 450 g/mol. The van der Waals surface area contributed by atoms with Gasteiger partial charge in [0.25, 0.3) is 5.91 Å². The third-order valence-corrected chi connectivity index (χ3v) is 7.73. The molecule has 164 valence electrons. The minimum absolute atomic E-state index is 0.0933. The van der Waals surface area contributed by atoms with E-state index in [1.807, 2.05) is 24.3 Å². The van der Waals surface area contributed by atoms with Gasteiger partial charge in [0.2, 0.25) is 10.0 Å². The second-order valence-electron chi connectivity index (χ2n) is 7.55. The number of sulfonamides is 1. The first-order valence-electron chi connectivity index (χ1n) is 10.2. The van der Waals surface area contributed by atoms with Crippen LogP contribution in [0.25, 0.3) is 11.1 Å². The van der Waals surface area contributed by atoms with Gasteiger partial charge in [-0.1, -0.05) is 41.6 Å². The topological polar surface area (TPSA) is 108 Å². The molecule has 1 aromatic heterocycles. The van der Waals surface area contributed by atoms with Gasteiger partial charge in [-0.15, -0.1) is 0 Å². The van der Waals surface area contributed by atoms with Crippen LogP contribution in [0.3, 0.4) is 0 Å². The van der Waals surface area contributed by atoms with Crippen molar-refractivity contribution in [2.75, 3.05) is 26.2 Å². The van der Waals surface area contributed by atoms with Gasteiger partial charge < -0.3 is 9.42 Å². The molecule has 0 unspecified atom stereocenters. The lowest BCUT2D eigenvalue weighted by atomic mass is 9.95. The summed E-state index contributed by atoms with van der Waals surface area (Å²) in [6, 6.07) is 16.5. The van der Waals surface area contributed by atoms with E-state index in [0.717, 1.165) is 0 Å². The molecule has 0 aliphatic carbocycles. The first-order chi connectivity index (χ1) is 15.3. The zero-order valence-corrected chi connectivity index (χ0v) is 18.6. The van der Waals surface area contributed by atoms with Crippen molar-refractivity contribution in [1.82, 2.24) is 14.4 Å². The molecule has 1 amide bonds. The molecule has 2 aromatic carbocycles. The van der Waals surface area contributed by atoms with E-state index in [9.17, 15) is 18.5 Å². The Morgan fingerprint density at radius 3 is 2.25 bits per heavy atom. The Kier molecular flexibility index (Phi) is 5.82. The molecule has 4 rings (SSSR count). The average Bonchev–Trinajstić information content (AvgIpc) is 3.17. The molecule has 1 fully saturated rings. The number of aromatic nitrogens is 1. The first-order valence-corrected chi connectivity index (χ1v) is 11.6. The van der Waals surface area contributed by atoms with Gasteiger partial charge in [0.1, 0.15) is 10.6 Å².